The standard InChI is InChI=1S/C8H11N3O2/c1-2-13-7(12)3-5-11-6-4-10-8(11)9/h3-6H,2H2,1H3,(H2,9,10). The fourth-order valence-corrected chi connectivity index (χ4v) is 0.782. The number of ether oxygens (including phenoxy) is 1. The van der Waals surface area contributed by atoms with Crippen LogP contribution in [0.1, 0.15) is 6.92 Å². The lowest BCUT2D eigenvalue weighted by atomic mass is 10.6. The molecule has 0 aliphatic heterocycles. The van der Waals surface area contributed by atoms with Gasteiger partial charge < -0.3 is 10.5 Å². The maximum atomic E-state index is 10.9. The van der Waals surface area contributed by atoms with Gasteiger partial charge in [-0.15, -0.1) is 0 Å². The van der Waals surface area contributed by atoms with E-state index in [2.05, 4.69) is 9.72 Å². The van der Waals surface area contributed by atoms with Crippen LogP contribution in [0.15, 0.2) is 18.5 Å². The van der Waals surface area contributed by atoms with Crippen molar-refractivity contribution < 1.29 is 9.53 Å². The molecule has 1 heterocycles. The molecule has 0 aliphatic carbocycles. The smallest absolute Gasteiger partial charge is 0.332 e. The molecule has 0 spiro atoms. The normalized spacial score (nSPS) is 10.5. The molecule has 13 heavy (non-hydrogen) atoms. The first-order valence-corrected chi connectivity index (χ1v) is 3.87. The topological polar surface area (TPSA) is 70.1 Å². The van der Waals surface area contributed by atoms with Crippen molar-refractivity contribution in [2.45, 2.75) is 6.92 Å². The van der Waals surface area contributed by atoms with Crippen LogP contribution in [0.2, 0.25) is 0 Å². The fraction of sp³-hybridized carbons (Fsp3) is 0.250. The third-order valence-electron chi connectivity index (χ3n) is 1.36. The molecule has 0 saturated heterocycles. The summed E-state index contributed by atoms with van der Waals surface area (Å²) in [7, 11) is 0. The summed E-state index contributed by atoms with van der Waals surface area (Å²) >= 11 is 0. The summed E-state index contributed by atoms with van der Waals surface area (Å²) in [4.78, 5) is 14.6. The van der Waals surface area contributed by atoms with Crippen molar-refractivity contribution in [2.24, 2.45) is 0 Å². The van der Waals surface area contributed by atoms with Gasteiger partial charge in [0.25, 0.3) is 0 Å². The summed E-state index contributed by atoms with van der Waals surface area (Å²) in [5.74, 6) is -0.0591. The molecule has 0 bridgehead atoms. The van der Waals surface area contributed by atoms with Crippen LogP contribution >= 0.6 is 0 Å². The third kappa shape index (κ3) is 2.62. The zero-order valence-corrected chi connectivity index (χ0v) is 7.30. The highest BCUT2D eigenvalue weighted by Gasteiger charge is 1.95. The van der Waals surface area contributed by atoms with Crippen molar-refractivity contribution in [3.05, 3.63) is 18.5 Å². The van der Waals surface area contributed by atoms with Crippen molar-refractivity contribution in [1.82, 2.24) is 9.55 Å². The molecule has 0 fully saturated rings. The summed E-state index contributed by atoms with van der Waals surface area (Å²) in [6.45, 7) is 2.11. The second kappa shape index (κ2) is 4.30. The summed E-state index contributed by atoms with van der Waals surface area (Å²) in [6, 6.07) is 0. The Labute approximate surface area is 75.8 Å². The van der Waals surface area contributed by atoms with Crippen LogP contribution in [0.4, 0.5) is 5.95 Å². The van der Waals surface area contributed by atoms with Gasteiger partial charge in [0.2, 0.25) is 5.95 Å². The number of esters is 1. The van der Waals surface area contributed by atoms with E-state index in [4.69, 9.17) is 5.73 Å². The first-order valence-electron chi connectivity index (χ1n) is 3.87. The quantitative estimate of drug-likeness (QED) is 0.544. The van der Waals surface area contributed by atoms with Crippen LogP contribution in [-0.2, 0) is 9.53 Å². The van der Waals surface area contributed by atoms with E-state index in [0.717, 1.165) is 0 Å². The first-order chi connectivity index (χ1) is 6.24. The molecular formula is C8H11N3O2. The number of carbonyl (C=O) groups is 1. The first kappa shape index (κ1) is 9.31. The highest BCUT2D eigenvalue weighted by molar-refractivity contribution is 5.85. The maximum Gasteiger partial charge on any atom is 0.332 e. The molecule has 5 nitrogen and oxygen atoms in total. The molecule has 5 heteroatoms. The SMILES string of the molecule is CCOC(=O)C=Cn1ccnc1N. The number of anilines is 1. The lowest BCUT2D eigenvalue weighted by molar-refractivity contribution is -0.137. The number of imidazole rings is 1. The molecule has 1 aromatic heterocycles. The highest BCUT2D eigenvalue weighted by Crippen LogP contribution is 1.98. The van der Waals surface area contributed by atoms with E-state index >= 15 is 0 Å². The van der Waals surface area contributed by atoms with Crippen molar-refractivity contribution in [3.8, 4) is 0 Å². The van der Waals surface area contributed by atoms with E-state index in [1.54, 1.807) is 19.3 Å². The van der Waals surface area contributed by atoms with Gasteiger partial charge in [0, 0.05) is 24.7 Å². The minimum atomic E-state index is -0.393. The summed E-state index contributed by atoms with van der Waals surface area (Å²) in [5, 5.41) is 0. The van der Waals surface area contributed by atoms with E-state index < -0.39 is 5.97 Å². The molecule has 0 saturated carbocycles. The van der Waals surface area contributed by atoms with Crippen LogP contribution in [0, 0.1) is 0 Å². The Hall–Kier alpha value is -1.78. The van der Waals surface area contributed by atoms with Crippen LogP contribution < -0.4 is 5.73 Å². The van der Waals surface area contributed by atoms with Gasteiger partial charge in [-0.25, -0.2) is 9.78 Å². The van der Waals surface area contributed by atoms with Gasteiger partial charge in [0.15, 0.2) is 0 Å². The molecule has 1 aromatic rings. The molecule has 0 amide bonds. The predicted molar refractivity (Wildman–Crippen MR) is 48.6 cm³/mol. The zero-order chi connectivity index (χ0) is 9.68. The summed E-state index contributed by atoms with van der Waals surface area (Å²) in [5.41, 5.74) is 5.45. The van der Waals surface area contributed by atoms with Crippen LogP contribution in [0.5, 0.6) is 0 Å². The van der Waals surface area contributed by atoms with Gasteiger partial charge in [-0.05, 0) is 6.92 Å². The van der Waals surface area contributed by atoms with Crippen molar-refractivity contribution in [2.75, 3.05) is 12.3 Å². The molecule has 0 aromatic carbocycles. The Morgan fingerprint density at radius 3 is 3.15 bits per heavy atom. The number of hydrogen-bond acceptors (Lipinski definition) is 4. The number of nitrogens with zero attached hydrogens (tertiary/aromatic N) is 2. The van der Waals surface area contributed by atoms with E-state index in [-0.39, 0.29) is 0 Å². The Kier molecular flexibility index (Phi) is 3.08. The van der Waals surface area contributed by atoms with Gasteiger partial charge >= 0.3 is 5.97 Å². The largest absolute Gasteiger partial charge is 0.463 e. The second-order valence-electron chi connectivity index (χ2n) is 2.26. The van der Waals surface area contributed by atoms with Gasteiger partial charge in [0.05, 0.1) is 6.61 Å². The second-order valence-corrected chi connectivity index (χ2v) is 2.26. The Balaban J connectivity index is 2.58. The summed E-state index contributed by atoms with van der Waals surface area (Å²) in [6.07, 6.45) is 5.98. The van der Waals surface area contributed by atoms with Crippen molar-refractivity contribution in [3.63, 3.8) is 0 Å². The minimum Gasteiger partial charge on any atom is -0.463 e. The van der Waals surface area contributed by atoms with Crippen LogP contribution in [0.3, 0.4) is 0 Å². The minimum absolute atomic E-state index is 0.334. The van der Waals surface area contributed by atoms with Crippen molar-refractivity contribution in [1.29, 1.82) is 0 Å². The molecular weight excluding hydrogens is 170 g/mol. The zero-order valence-electron chi connectivity index (χ0n) is 7.30. The molecule has 2 N–H and O–H groups in total. The van der Waals surface area contributed by atoms with E-state index in [0.29, 0.717) is 12.6 Å². The molecule has 0 aliphatic rings. The Morgan fingerprint density at radius 2 is 2.62 bits per heavy atom. The third-order valence-corrected chi connectivity index (χ3v) is 1.36. The number of nitrogens with two attached hydrogens (primary N) is 1. The van der Waals surface area contributed by atoms with Gasteiger partial charge in [0.1, 0.15) is 0 Å². The highest BCUT2D eigenvalue weighted by atomic mass is 16.5. The number of carbonyl (C=O) groups excluding carboxylic acids is 1. The van der Waals surface area contributed by atoms with Gasteiger partial charge in [-0.2, -0.15) is 0 Å². The van der Waals surface area contributed by atoms with Crippen molar-refractivity contribution >= 4 is 18.1 Å². The van der Waals surface area contributed by atoms with E-state index in [9.17, 15) is 4.79 Å². The van der Waals surface area contributed by atoms with Crippen LogP contribution in [-0.4, -0.2) is 22.1 Å². The molecule has 0 radical (unpaired) electrons. The number of nitrogen functional groups attached to an aromatic ring is 1. The molecule has 0 atom stereocenters. The van der Waals surface area contributed by atoms with Gasteiger partial charge in [-0.3, -0.25) is 4.57 Å². The predicted octanol–water partition coefficient (Wildman–Crippen LogP) is 0.499. The Bertz CT molecular complexity index is 317. The maximum absolute atomic E-state index is 10.9. The molecule has 0 unspecified atom stereocenters. The lowest BCUT2D eigenvalue weighted by Gasteiger charge is -1.96. The van der Waals surface area contributed by atoms with Crippen LogP contribution in [0.25, 0.3) is 6.20 Å². The monoisotopic (exact) mass is 181 g/mol. The number of rotatable bonds is 3. The number of hydrogen-bond donors (Lipinski definition) is 1. The average Bonchev–Trinajstić information content (AvgIpc) is 2.48. The average molecular weight is 181 g/mol. The van der Waals surface area contributed by atoms with E-state index in [1.807, 2.05) is 0 Å². The van der Waals surface area contributed by atoms with E-state index in [1.165, 1.54) is 16.8 Å². The molecule has 70 valence electrons. The fourth-order valence-electron chi connectivity index (χ4n) is 0.782. The summed E-state index contributed by atoms with van der Waals surface area (Å²) < 4.78 is 6.20. The molecule has 1 rings (SSSR count). The number of aromatic nitrogens is 2. The van der Waals surface area contributed by atoms with Gasteiger partial charge in [-0.1, -0.05) is 0 Å². The lowest BCUT2D eigenvalue weighted by Crippen LogP contribution is -2.01. The Morgan fingerprint density at radius 1 is 1.85 bits per heavy atom.